The van der Waals surface area contributed by atoms with Crippen molar-refractivity contribution < 1.29 is 0 Å². The van der Waals surface area contributed by atoms with Crippen LogP contribution in [-0.2, 0) is 0 Å². The van der Waals surface area contributed by atoms with Crippen molar-refractivity contribution in [3.63, 3.8) is 0 Å². The van der Waals surface area contributed by atoms with Crippen LogP contribution in [0.25, 0.3) is 0 Å². The van der Waals surface area contributed by atoms with E-state index in [4.69, 9.17) is 0 Å². The average molecular weight is 210 g/mol. The van der Waals surface area contributed by atoms with E-state index in [2.05, 4.69) is 23.7 Å². The SMILES string of the molecule is C=CCN(CC)CCCC1CCCCN1. The second-order valence-corrected chi connectivity index (χ2v) is 4.47. The molecule has 0 radical (unpaired) electrons. The Bertz CT molecular complexity index is 162. The zero-order chi connectivity index (χ0) is 10.9. The van der Waals surface area contributed by atoms with Gasteiger partial charge in [0, 0.05) is 12.6 Å². The summed E-state index contributed by atoms with van der Waals surface area (Å²) in [6.45, 7) is 10.7. The van der Waals surface area contributed by atoms with Gasteiger partial charge in [0.15, 0.2) is 0 Å². The third-order valence-electron chi connectivity index (χ3n) is 3.27. The monoisotopic (exact) mass is 210 g/mol. The molecule has 88 valence electrons. The van der Waals surface area contributed by atoms with Crippen molar-refractivity contribution in [2.45, 2.75) is 45.1 Å². The van der Waals surface area contributed by atoms with Crippen LogP contribution in [0.5, 0.6) is 0 Å². The Morgan fingerprint density at radius 2 is 2.33 bits per heavy atom. The lowest BCUT2D eigenvalue weighted by molar-refractivity contribution is 0.292. The summed E-state index contributed by atoms with van der Waals surface area (Å²) in [7, 11) is 0. The molecule has 1 N–H and O–H groups in total. The van der Waals surface area contributed by atoms with Crippen LogP contribution in [-0.4, -0.2) is 37.1 Å². The Hall–Kier alpha value is -0.340. The topological polar surface area (TPSA) is 15.3 Å². The second kappa shape index (κ2) is 7.89. The standard InChI is InChI=1S/C13H26N2/c1-3-11-15(4-2)12-7-9-13-8-5-6-10-14-13/h3,13-14H,1,4-12H2,2H3. The smallest absolute Gasteiger partial charge is 0.0160 e. The first-order chi connectivity index (χ1) is 7.36. The third-order valence-corrected chi connectivity index (χ3v) is 3.27. The van der Waals surface area contributed by atoms with Crippen molar-refractivity contribution >= 4 is 0 Å². The lowest BCUT2D eigenvalue weighted by atomic mass is 10.0. The number of nitrogens with one attached hydrogen (secondary N) is 1. The minimum Gasteiger partial charge on any atom is -0.314 e. The summed E-state index contributed by atoms with van der Waals surface area (Å²) in [5.41, 5.74) is 0. The molecule has 15 heavy (non-hydrogen) atoms. The van der Waals surface area contributed by atoms with Crippen molar-refractivity contribution in [2.24, 2.45) is 0 Å². The average Bonchev–Trinajstić information content (AvgIpc) is 2.29. The maximum atomic E-state index is 3.79. The van der Waals surface area contributed by atoms with E-state index in [-0.39, 0.29) is 0 Å². The van der Waals surface area contributed by atoms with E-state index in [9.17, 15) is 0 Å². The Balaban J connectivity index is 2.05. The molecule has 1 atom stereocenters. The van der Waals surface area contributed by atoms with Gasteiger partial charge in [0.05, 0.1) is 0 Å². The van der Waals surface area contributed by atoms with Gasteiger partial charge >= 0.3 is 0 Å². The molecule has 1 heterocycles. The van der Waals surface area contributed by atoms with Gasteiger partial charge in [0.25, 0.3) is 0 Å². The number of hydrogen-bond donors (Lipinski definition) is 1. The molecule has 0 aromatic heterocycles. The molecule has 0 aromatic rings. The molecule has 0 aromatic carbocycles. The predicted octanol–water partition coefficient (Wildman–Crippen LogP) is 2.42. The molecule has 1 unspecified atom stereocenters. The van der Waals surface area contributed by atoms with Crippen molar-refractivity contribution in [1.82, 2.24) is 10.2 Å². The summed E-state index contributed by atoms with van der Waals surface area (Å²) >= 11 is 0. The molecule has 2 heteroatoms. The van der Waals surface area contributed by atoms with Gasteiger partial charge in [-0.25, -0.2) is 0 Å². The number of hydrogen-bond acceptors (Lipinski definition) is 2. The van der Waals surface area contributed by atoms with Gasteiger partial charge in [-0.1, -0.05) is 19.4 Å². The fraction of sp³-hybridized carbons (Fsp3) is 0.846. The van der Waals surface area contributed by atoms with Crippen LogP contribution in [0.3, 0.4) is 0 Å². The molecule has 2 nitrogen and oxygen atoms in total. The Morgan fingerprint density at radius 3 is 2.93 bits per heavy atom. The zero-order valence-electron chi connectivity index (χ0n) is 10.2. The van der Waals surface area contributed by atoms with Crippen LogP contribution in [0.15, 0.2) is 12.7 Å². The maximum absolute atomic E-state index is 3.79. The van der Waals surface area contributed by atoms with Gasteiger partial charge < -0.3 is 5.32 Å². The zero-order valence-corrected chi connectivity index (χ0v) is 10.2. The van der Waals surface area contributed by atoms with Gasteiger partial charge in [0.1, 0.15) is 0 Å². The number of likely N-dealkylation sites (N-methyl/N-ethyl adjacent to an activating group) is 1. The van der Waals surface area contributed by atoms with Gasteiger partial charge in [-0.2, -0.15) is 0 Å². The molecular weight excluding hydrogens is 184 g/mol. The quantitative estimate of drug-likeness (QED) is 0.649. The number of nitrogens with zero attached hydrogens (tertiary/aromatic N) is 1. The van der Waals surface area contributed by atoms with Gasteiger partial charge in [-0.3, -0.25) is 4.90 Å². The molecule has 0 amide bonds. The van der Waals surface area contributed by atoms with Crippen molar-refractivity contribution in [3.05, 3.63) is 12.7 Å². The minimum atomic E-state index is 0.793. The van der Waals surface area contributed by atoms with Crippen molar-refractivity contribution in [1.29, 1.82) is 0 Å². The summed E-state index contributed by atoms with van der Waals surface area (Å²) in [6.07, 6.45) is 8.83. The molecule has 0 spiro atoms. The molecule has 1 rings (SSSR count). The molecule has 0 saturated carbocycles. The van der Waals surface area contributed by atoms with E-state index in [0.717, 1.165) is 19.1 Å². The summed E-state index contributed by atoms with van der Waals surface area (Å²) < 4.78 is 0. The lowest BCUT2D eigenvalue weighted by Gasteiger charge is -2.25. The van der Waals surface area contributed by atoms with Crippen LogP contribution in [0.1, 0.15) is 39.0 Å². The molecule has 0 bridgehead atoms. The highest BCUT2D eigenvalue weighted by molar-refractivity contribution is 4.75. The third kappa shape index (κ3) is 5.33. The van der Waals surface area contributed by atoms with Crippen LogP contribution in [0.4, 0.5) is 0 Å². The normalized spacial score (nSPS) is 21.9. The largest absolute Gasteiger partial charge is 0.314 e. The number of rotatable bonds is 7. The molecule has 1 aliphatic rings. The van der Waals surface area contributed by atoms with E-state index in [1.54, 1.807) is 0 Å². The van der Waals surface area contributed by atoms with Crippen LogP contribution < -0.4 is 5.32 Å². The summed E-state index contributed by atoms with van der Waals surface area (Å²) in [6, 6.07) is 0.793. The van der Waals surface area contributed by atoms with Crippen LogP contribution in [0, 0.1) is 0 Å². The second-order valence-electron chi connectivity index (χ2n) is 4.47. The molecule has 1 aliphatic heterocycles. The van der Waals surface area contributed by atoms with Crippen LogP contribution in [0.2, 0.25) is 0 Å². The highest BCUT2D eigenvalue weighted by atomic mass is 15.1. The first-order valence-corrected chi connectivity index (χ1v) is 6.43. The van der Waals surface area contributed by atoms with E-state index in [1.807, 2.05) is 6.08 Å². The molecule has 0 aliphatic carbocycles. The van der Waals surface area contributed by atoms with E-state index in [1.165, 1.54) is 45.2 Å². The van der Waals surface area contributed by atoms with Crippen molar-refractivity contribution in [2.75, 3.05) is 26.2 Å². The first kappa shape index (κ1) is 12.7. The summed E-state index contributed by atoms with van der Waals surface area (Å²) in [5.74, 6) is 0. The lowest BCUT2D eigenvalue weighted by Crippen LogP contribution is -2.35. The Labute approximate surface area is 94.7 Å². The molecule has 1 saturated heterocycles. The van der Waals surface area contributed by atoms with Crippen molar-refractivity contribution in [3.8, 4) is 0 Å². The predicted molar refractivity (Wildman–Crippen MR) is 67.2 cm³/mol. The Morgan fingerprint density at radius 1 is 1.47 bits per heavy atom. The van der Waals surface area contributed by atoms with Gasteiger partial charge in [-0.05, 0) is 45.3 Å². The van der Waals surface area contributed by atoms with E-state index in [0.29, 0.717) is 0 Å². The van der Waals surface area contributed by atoms with E-state index >= 15 is 0 Å². The molecular formula is C13H26N2. The summed E-state index contributed by atoms with van der Waals surface area (Å²) in [5, 5.41) is 3.60. The van der Waals surface area contributed by atoms with Gasteiger partial charge in [-0.15, -0.1) is 6.58 Å². The fourth-order valence-corrected chi connectivity index (χ4v) is 2.29. The Kier molecular flexibility index (Phi) is 6.69. The highest BCUT2D eigenvalue weighted by Gasteiger charge is 2.12. The van der Waals surface area contributed by atoms with Gasteiger partial charge in [0.2, 0.25) is 0 Å². The number of piperidine rings is 1. The fourth-order valence-electron chi connectivity index (χ4n) is 2.29. The maximum Gasteiger partial charge on any atom is 0.0160 e. The van der Waals surface area contributed by atoms with E-state index < -0.39 is 0 Å². The van der Waals surface area contributed by atoms with Crippen LogP contribution >= 0.6 is 0 Å². The highest BCUT2D eigenvalue weighted by Crippen LogP contribution is 2.11. The summed E-state index contributed by atoms with van der Waals surface area (Å²) in [4.78, 5) is 2.45. The minimum absolute atomic E-state index is 0.793. The first-order valence-electron chi connectivity index (χ1n) is 6.43. The molecule has 1 fully saturated rings.